The molecule has 7 heteroatoms. The van der Waals surface area contributed by atoms with Crippen molar-refractivity contribution in [3.05, 3.63) is 58.1 Å². The molecule has 2 aromatic rings. The molecule has 1 aliphatic heterocycles. The van der Waals surface area contributed by atoms with Gasteiger partial charge in [0, 0.05) is 24.3 Å². The molecule has 0 aliphatic carbocycles. The molecule has 1 heterocycles. The first-order valence-electron chi connectivity index (χ1n) is 9.47. The van der Waals surface area contributed by atoms with Crippen LogP contribution in [0.1, 0.15) is 47.2 Å². The van der Waals surface area contributed by atoms with Crippen LogP contribution in [0.15, 0.2) is 41.3 Å². The Labute approximate surface area is 171 Å². The van der Waals surface area contributed by atoms with Crippen LogP contribution in [-0.2, 0) is 10.0 Å². The van der Waals surface area contributed by atoms with Crippen molar-refractivity contribution in [3.63, 3.8) is 0 Å². The zero-order valence-electron chi connectivity index (χ0n) is 16.2. The summed E-state index contributed by atoms with van der Waals surface area (Å²) in [5, 5.41) is 2.98. The molecule has 1 fully saturated rings. The molecule has 1 aliphatic rings. The quantitative estimate of drug-likeness (QED) is 0.774. The summed E-state index contributed by atoms with van der Waals surface area (Å²) in [7, 11) is -3.74. The van der Waals surface area contributed by atoms with Crippen molar-refractivity contribution in [3.8, 4) is 0 Å². The molecule has 1 N–H and O–H groups in total. The van der Waals surface area contributed by atoms with E-state index in [0.29, 0.717) is 18.8 Å². The van der Waals surface area contributed by atoms with Gasteiger partial charge in [-0.1, -0.05) is 42.1 Å². The van der Waals surface area contributed by atoms with Gasteiger partial charge in [-0.2, -0.15) is 4.31 Å². The first-order chi connectivity index (χ1) is 13.3. The highest BCUT2D eigenvalue weighted by atomic mass is 35.5. The summed E-state index contributed by atoms with van der Waals surface area (Å²) in [4.78, 5) is 12.7. The Morgan fingerprint density at radius 2 is 1.68 bits per heavy atom. The highest BCUT2D eigenvalue weighted by Crippen LogP contribution is 2.28. The fraction of sp³-hybridized carbons (Fsp3) is 0.381. The Kier molecular flexibility index (Phi) is 6.43. The van der Waals surface area contributed by atoms with Crippen LogP contribution < -0.4 is 5.32 Å². The van der Waals surface area contributed by atoms with E-state index >= 15 is 0 Å². The van der Waals surface area contributed by atoms with Crippen molar-refractivity contribution in [1.29, 1.82) is 0 Å². The molecule has 0 saturated carbocycles. The van der Waals surface area contributed by atoms with E-state index in [2.05, 4.69) is 5.32 Å². The number of hydrogen-bond donors (Lipinski definition) is 1. The van der Waals surface area contributed by atoms with Gasteiger partial charge >= 0.3 is 0 Å². The number of aryl methyl sites for hydroxylation is 2. The Bertz CT molecular complexity index is 981. The molecular formula is C21H25ClN2O3S. The lowest BCUT2D eigenvalue weighted by molar-refractivity contribution is 0.102. The molecule has 1 amide bonds. The predicted octanol–water partition coefficient (Wildman–Crippen LogP) is 4.77. The third-order valence-electron chi connectivity index (χ3n) is 5.01. The van der Waals surface area contributed by atoms with Gasteiger partial charge in [0.25, 0.3) is 5.91 Å². The number of nitrogens with one attached hydrogen (secondary N) is 1. The molecule has 0 atom stereocenters. The zero-order valence-corrected chi connectivity index (χ0v) is 17.7. The second kappa shape index (κ2) is 8.64. The second-order valence-electron chi connectivity index (χ2n) is 7.24. The molecule has 0 radical (unpaired) electrons. The van der Waals surface area contributed by atoms with Crippen LogP contribution in [-0.4, -0.2) is 31.7 Å². The number of benzene rings is 2. The largest absolute Gasteiger partial charge is 0.322 e. The van der Waals surface area contributed by atoms with E-state index in [1.165, 1.54) is 16.4 Å². The van der Waals surface area contributed by atoms with Gasteiger partial charge in [-0.15, -0.1) is 0 Å². The SMILES string of the molecule is Cc1ccc(NC(=O)c2ccc(Cl)c(S(=O)(=O)N3CCCCCC3)c2)c(C)c1. The highest BCUT2D eigenvalue weighted by molar-refractivity contribution is 7.89. The van der Waals surface area contributed by atoms with Crippen LogP contribution in [0.4, 0.5) is 5.69 Å². The number of rotatable bonds is 4. The molecular weight excluding hydrogens is 396 g/mol. The van der Waals surface area contributed by atoms with Gasteiger partial charge < -0.3 is 5.32 Å². The molecule has 150 valence electrons. The topological polar surface area (TPSA) is 66.5 Å². The summed E-state index contributed by atoms with van der Waals surface area (Å²) < 4.78 is 27.7. The van der Waals surface area contributed by atoms with Crippen molar-refractivity contribution in [2.45, 2.75) is 44.4 Å². The fourth-order valence-electron chi connectivity index (χ4n) is 3.41. The molecule has 0 bridgehead atoms. The molecule has 2 aromatic carbocycles. The summed E-state index contributed by atoms with van der Waals surface area (Å²) >= 11 is 6.21. The van der Waals surface area contributed by atoms with Crippen molar-refractivity contribution < 1.29 is 13.2 Å². The minimum absolute atomic E-state index is 0.00987. The van der Waals surface area contributed by atoms with E-state index < -0.39 is 10.0 Å². The summed E-state index contributed by atoms with van der Waals surface area (Å²) in [6, 6.07) is 10.1. The van der Waals surface area contributed by atoms with E-state index in [-0.39, 0.29) is 21.4 Å². The number of amides is 1. The molecule has 5 nitrogen and oxygen atoms in total. The third-order valence-corrected chi connectivity index (χ3v) is 7.39. The normalized spacial score (nSPS) is 15.8. The summed E-state index contributed by atoms with van der Waals surface area (Å²) in [6.07, 6.45) is 3.73. The number of hydrogen-bond acceptors (Lipinski definition) is 3. The highest BCUT2D eigenvalue weighted by Gasteiger charge is 2.28. The smallest absolute Gasteiger partial charge is 0.255 e. The molecule has 28 heavy (non-hydrogen) atoms. The van der Waals surface area contributed by atoms with E-state index in [1.54, 1.807) is 6.07 Å². The Balaban J connectivity index is 1.89. The maximum atomic E-state index is 13.1. The minimum Gasteiger partial charge on any atom is -0.322 e. The number of sulfonamides is 1. The van der Waals surface area contributed by atoms with Crippen LogP contribution >= 0.6 is 11.6 Å². The van der Waals surface area contributed by atoms with E-state index in [4.69, 9.17) is 11.6 Å². The van der Waals surface area contributed by atoms with Crippen LogP contribution in [0.25, 0.3) is 0 Å². The van der Waals surface area contributed by atoms with Crippen molar-refractivity contribution in [2.24, 2.45) is 0 Å². The van der Waals surface area contributed by atoms with Gasteiger partial charge in [-0.05, 0) is 56.5 Å². The van der Waals surface area contributed by atoms with E-state index in [9.17, 15) is 13.2 Å². The molecule has 1 saturated heterocycles. The average molecular weight is 421 g/mol. The number of nitrogens with zero attached hydrogens (tertiary/aromatic N) is 1. The molecule has 0 unspecified atom stereocenters. The summed E-state index contributed by atoms with van der Waals surface area (Å²) in [5.74, 6) is -0.365. The Morgan fingerprint density at radius 3 is 2.32 bits per heavy atom. The van der Waals surface area contributed by atoms with Gasteiger partial charge in [0.15, 0.2) is 0 Å². The maximum Gasteiger partial charge on any atom is 0.255 e. The van der Waals surface area contributed by atoms with E-state index in [0.717, 1.165) is 36.8 Å². The second-order valence-corrected chi connectivity index (χ2v) is 9.55. The fourth-order valence-corrected chi connectivity index (χ4v) is 5.43. The molecule has 3 rings (SSSR count). The molecule has 0 aromatic heterocycles. The predicted molar refractivity (Wildman–Crippen MR) is 113 cm³/mol. The number of anilines is 1. The van der Waals surface area contributed by atoms with Crippen LogP contribution in [0.3, 0.4) is 0 Å². The standard InChI is InChI=1S/C21H25ClN2O3S/c1-15-7-10-19(16(2)13-15)23-21(25)17-8-9-18(22)20(14-17)28(26,27)24-11-5-3-4-6-12-24/h7-10,13-14H,3-6,11-12H2,1-2H3,(H,23,25). The van der Waals surface area contributed by atoms with Crippen molar-refractivity contribution in [2.75, 3.05) is 18.4 Å². The Hall–Kier alpha value is -1.89. The van der Waals surface area contributed by atoms with Gasteiger partial charge in [-0.25, -0.2) is 8.42 Å². The van der Waals surface area contributed by atoms with Crippen LogP contribution in [0, 0.1) is 13.8 Å². The monoisotopic (exact) mass is 420 g/mol. The lowest BCUT2D eigenvalue weighted by atomic mass is 10.1. The van der Waals surface area contributed by atoms with Gasteiger partial charge in [-0.3, -0.25) is 4.79 Å². The first kappa shape index (κ1) is 20.8. The summed E-state index contributed by atoms with van der Waals surface area (Å²) in [6.45, 7) is 4.87. The number of carbonyl (C=O) groups excluding carboxylic acids is 1. The number of halogens is 1. The van der Waals surface area contributed by atoms with E-state index in [1.807, 2.05) is 32.0 Å². The van der Waals surface area contributed by atoms with Crippen LogP contribution in [0.2, 0.25) is 5.02 Å². The van der Waals surface area contributed by atoms with Crippen LogP contribution in [0.5, 0.6) is 0 Å². The average Bonchev–Trinajstić information content (AvgIpc) is 2.94. The Morgan fingerprint density at radius 1 is 1.00 bits per heavy atom. The van der Waals surface area contributed by atoms with Gasteiger partial charge in [0.05, 0.1) is 5.02 Å². The maximum absolute atomic E-state index is 13.1. The summed E-state index contributed by atoms with van der Waals surface area (Å²) in [5.41, 5.74) is 3.01. The van der Waals surface area contributed by atoms with Crippen molar-refractivity contribution >= 4 is 33.2 Å². The zero-order chi connectivity index (χ0) is 20.3. The number of carbonyl (C=O) groups is 1. The lowest BCUT2D eigenvalue weighted by Gasteiger charge is -2.21. The molecule has 0 spiro atoms. The minimum atomic E-state index is -3.74. The van der Waals surface area contributed by atoms with Gasteiger partial charge in [0.1, 0.15) is 4.90 Å². The lowest BCUT2D eigenvalue weighted by Crippen LogP contribution is -2.32. The third kappa shape index (κ3) is 4.57. The van der Waals surface area contributed by atoms with Gasteiger partial charge in [0.2, 0.25) is 10.0 Å². The first-order valence-corrected chi connectivity index (χ1v) is 11.3. The van der Waals surface area contributed by atoms with Crippen molar-refractivity contribution in [1.82, 2.24) is 4.31 Å².